The fraction of sp³-hybridized carbons (Fsp3) is 0.273. The van der Waals surface area contributed by atoms with Crippen molar-refractivity contribution in [1.29, 1.82) is 0 Å². The van der Waals surface area contributed by atoms with Crippen LogP contribution in [0.15, 0.2) is 22.7 Å². The van der Waals surface area contributed by atoms with Crippen molar-refractivity contribution in [2.75, 3.05) is 0 Å². The Morgan fingerprint density at radius 1 is 1.44 bits per heavy atom. The molecule has 4 nitrogen and oxygen atoms in total. The smallest absolute Gasteiger partial charge is 0.240 e. The maximum Gasteiger partial charge on any atom is 0.240 e. The molecule has 1 aromatic carbocycles. The molecule has 1 heterocycles. The first-order valence-electron chi connectivity index (χ1n) is 5.06. The van der Waals surface area contributed by atoms with E-state index in [1.54, 1.807) is 12.1 Å². The highest BCUT2D eigenvalue weighted by atomic mass is 19.1. The molecule has 0 fully saturated rings. The summed E-state index contributed by atoms with van der Waals surface area (Å²) in [5, 5.41) is 3.69. The van der Waals surface area contributed by atoms with Gasteiger partial charge in [-0.3, -0.25) is 0 Å². The van der Waals surface area contributed by atoms with Crippen LogP contribution in [0.1, 0.15) is 18.4 Å². The predicted molar refractivity (Wildman–Crippen MR) is 57.0 cm³/mol. The second-order valence-corrected chi connectivity index (χ2v) is 3.38. The van der Waals surface area contributed by atoms with Gasteiger partial charge in [-0.25, -0.2) is 4.39 Å². The number of aromatic nitrogens is 2. The minimum atomic E-state index is -0.360. The van der Waals surface area contributed by atoms with Crippen molar-refractivity contribution in [1.82, 2.24) is 10.1 Å². The van der Waals surface area contributed by atoms with E-state index in [9.17, 15) is 4.39 Å². The Kier molecular flexibility index (Phi) is 2.96. The van der Waals surface area contributed by atoms with Gasteiger partial charge in [-0.05, 0) is 24.1 Å². The van der Waals surface area contributed by atoms with Gasteiger partial charge in [0.2, 0.25) is 11.7 Å². The van der Waals surface area contributed by atoms with E-state index in [4.69, 9.17) is 10.3 Å². The number of hydrogen-bond acceptors (Lipinski definition) is 4. The zero-order chi connectivity index (χ0) is 11.5. The Hall–Kier alpha value is -1.75. The number of rotatable bonds is 3. The summed E-state index contributed by atoms with van der Waals surface area (Å²) in [5.74, 6) is 0.186. The van der Waals surface area contributed by atoms with Crippen LogP contribution < -0.4 is 5.73 Å². The topological polar surface area (TPSA) is 64.9 Å². The number of aryl methyl sites for hydroxylation is 1. The molecule has 1 aromatic heterocycles. The molecule has 0 aliphatic carbocycles. The van der Waals surface area contributed by atoms with Crippen LogP contribution in [0.25, 0.3) is 11.4 Å². The molecule has 5 heteroatoms. The van der Waals surface area contributed by atoms with Gasteiger partial charge in [0.15, 0.2) is 0 Å². The number of hydrogen-bond donors (Lipinski definition) is 1. The fourth-order valence-electron chi connectivity index (χ4n) is 1.41. The molecule has 2 rings (SSSR count). The van der Waals surface area contributed by atoms with Crippen molar-refractivity contribution in [2.24, 2.45) is 5.73 Å². The zero-order valence-electron chi connectivity index (χ0n) is 8.90. The Balaban J connectivity index is 2.45. The maximum absolute atomic E-state index is 13.6. The first-order valence-corrected chi connectivity index (χ1v) is 5.06. The third-order valence-corrected chi connectivity index (χ3v) is 2.32. The van der Waals surface area contributed by atoms with Gasteiger partial charge in [-0.2, -0.15) is 4.98 Å². The summed E-state index contributed by atoms with van der Waals surface area (Å²) in [7, 11) is 0. The average molecular weight is 221 g/mol. The van der Waals surface area contributed by atoms with Crippen molar-refractivity contribution in [3.8, 4) is 11.4 Å². The van der Waals surface area contributed by atoms with Gasteiger partial charge in [-0.1, -0.05) is 18.1 Å². The molecule has 0 aliphatic rings. The highest BCUT2D eigenvalue weighted by Gasteiger charge is 2.12. The molecule has 16 heavy (non-hydrogen) atoms. The van der Waals surface area contributed by atoms with Crippen LogP contribution in [-0.4, -0.2) is 10.1 Å². The Labute approximate surface area is 92.3 Å². The summed E-state index contributed by atoms with van der Waals surface area (Å²) in [6, 6.07) is 4.87. The Morgan fingerprint density at radius 3 is 2.88 bits per heavy atom. The normalized spacial score (nSPS) is 10.7. The molecule has 0 radical (unpaired) electrons. The van der Waals surface area contributed by atoms with Gasteiger partial charge in [0, 0.05) is 0 Å². The van der Waals surface area contributed by atoms with Crippen LogP contribution >= 0.6 is 0 Å². The largest absolute Gasteiger partial charge is 0.338 e. The molecule has 0 saturated carbocycles. The van der Waals surface area contributed by atoms with Crippen LogP contribution in [0.4, 0.5) is 4.39 Å². The van der Waals surface area contributed by atoms with E-state index in [0.29, 0.717) is 11.5 Å². The molecule has 2 N–H and O–H groups in total. The van der Waals surface area contributed by atoms with Gasteiger partial charge in [0.25, 0.3) is 0 Å². The molecule has 84 valence electrons. The van der Waals surface area contributed by atoms with E-state index < -0.39 is 0 Å². The van der Waals surface area contributed by atoms with Crippen LogP contribution in [0.2, 0.25) is 0 Å². The lowest BCUT2D eigenvalue weighted by Crippen LogP contribution is -1.96. The molecule has 0 unspecified atom stereocenters. The highest BCUT2D eigenvalue weighted by Crippen LogP contribution is 2.21. The molecule has 0 spiro atoms. The van der Waals surface area contributed by atoms with Crippen molar-refractivity contribution in [3.63, 3.8) is 0 Å². The highest BCUT2D eigenvalue weighted by molar-refractivity contribution is 5.56. The lowest BCUT2D eigenvalue weighted by Gasteiger charge is -2.00. The molecule has 2 aromatic rings. The third-order valence-electron chi connectivity index (χ3n) is 2.32. The predicted octanol–water partition coefficient (Wildman–Crippen LogP) is 1.90. The van der Waals surface area contributed by atoms with Crippen LogP contribution in [0.5, 0.6) is 0 Å². The van der Waals surface area contributed by atoms with E-state index in [1.807, 2.05) is 6.92 Å². The summed E-state index contributed by atoms with van der Waals surface area (Å²) in [6.07, 6.45) is 0.828. The van der Waals surface area contributed by atoms with E-state index in [1.165, 1.54) is 6.07 Å². The Bertz CT molecular complexity index is 496. The van der Waals surface area contributed by atoms with Crippen molar-refractivity contribution < 1.29 is 8.91 Å². The second kappa shape index (κ2) is 4.40. The minimum absolute atomic E-state index is 0.155. The quantitative estimate of drug-likeness (QED) is 0.859. The summed E-state index contributed by atoms with van der Waals surface area (Å²) in [6.45, 7) is 2.15. The Morgan fingerprint density at radius 2 is 2.25 bits per heavy atom. The van der Waals surface area contributed by atoms with E-state index in [-0.39, 0.29) is 18.2 Å². The lowest BCUT2D eigenvalue weighted by atomic mass is 10.1. The van der Waals surface area contributed by atoms with Crippen molar-refractivity contribution in [2.45, 2.75) is 19.9 Å². The fourth-order valence-corrected chi connectivity index (χ4v) is 1.41. The SMILES string of the molecule is CCc1ccc(F)c(-c2noc(CN)n2)c1. The van der Waals surface area contributed by atoms with E-state index in [2.05, 4.69) is 10.1 Å². The van der Waals surface area contributed by atoms with Crippen LogP contribution in [-0.2, 0) is 13.0 Å². The van der Waals surface area contributed by atoms with Crippen LogP contribution in [0.3, 0.4) is 0 Å². The second-order valence-electron chi connectivity index (χ2n) is 3.38. The van der Waals surface area contributed by atoms with Gasteiger partial charge in [0.05, 0.1) is 12.1 Å². The standard InChI is InChI=1S/C11H12FN3O/c1-2-7-3-4-9(12)8(5-7)11-14-10(6-13)16-15-11/h3-5H,2,6,13H2,1H3. The zero-order valence-corrected chi connectivity index (χ0v) is 8.90. The van der Waals surface area contributed by atoms with Gasteiger partial charge < -0.3 is 10.3 Å². The summed E-state index contributed by atoms with van der Waals surface area (Å²) >= 11 is 0. The average Bonchev–Trinajstić information content (AvgIpc) is 2.78. The number of nitrogens with two attached hydrogens (primary N) is 1. The van der Waals surface area contributed by atoms with Gasteiger partial charge in [0.1, 0.15) is 5.82 Å². The summed E-state index contributed by atoms with van der Waals surface area (Å²) < 4.78 is 18.4. The maximum atomic E-state index is 13.6. The van der Waals surface area contributed by atoms with E-state index >= 15 is 0 Å². The number of nitrogens with zero attached hydrogens (tertiary/aromatic N) is 2. The number of halogens is 1. The summed E-state index contributed by atoms with van der Waals surface area (Å²) in [4.78, 5) is 3.99. The van der Waals surface area contributed by atoms with Gasteiger partial charge in [-0.15, -0.1) is 0 Å². The molecule has 0 bridgehead atoms. The van der Waals surface area contributed by atoms with Crippen molar-refractivity contribution >= 4 is 0 Å². The van der Waals surface area contributed by atoms with Crippen molar-refractivity contribution in [3.05, 3.63) is 35.5 Å². The first-order chi connectivity index (χ1) is 7.74. The first kappa shape index (κ1) is 10.8. The minimum Gasteiger partial charge on any atom is -0.338 e. The summed E-state index contributed by atoms with van der Waals surface area (Å²) in [5.41, 5.74) is 6.72. The van der Waals surface area contributed by atoms with Crippen LogP contribution in [0, 0.1) is 5.82 Å². The third kappa shape index (κ3) is 1.94. The molecule has 0 amide bonds. The van der Waals surface area contributed by atoms with E-state index in [0.717, 1.165) is 12.0 Å². The molecule has 0 saturated heterocycles. The molecule has 0 aliphatic heterocycles. The molecular weight excluding hydrogens is 209 g/mol. The monoisotopic (exact) mass is 221 g/mol. The van der Waals surface area contributed by atoms with Gasteiger partial charge >= 0.3 is 0 Å². The number of benzene rings is 1. The molecular formula is C11H12FN3O. The lowest BCUT2D eigenvalue weighted by molar-refractivity contribution is 0.380. The molecule has 0 atom stereocenters.